The number of phenolic OH excluding ortho intramolecular Hbond substituents is 1. The van der Waals surface area contributed by atoms with Gasteiger partial charge in [-0.15, -0.1) is 19.7 Å². The Morgan fingerprint density at radius 1 is 0.796 bits per heavy atom. The van der Waals surface area contributed by atoms with Gasteiger partial charge in [0.2, 0.25) is 0 Å². The van der Waals surface area contributed by atoms with Crippen LogP contribution < -0.4 is 105 Å². The second-order valence-electron chi connectivity index (χ2n) is 8.55. The Morgan fingerprint density at radius 3 is 2.10 bits per heavy atom. The molecular formula is C24H18N5Na3O13S4. The number of hydrogen-bond acceptors (Lipinski definition) is 20. The fraction of sp³-hybridized carbons (Fsp3) is 0.0833. The zero-order chi connectivity index (χ0) is 33.3. The van der Waals surface area contributed by atoms with Crippen LogP contribution in [0, 0.1) is 0 Å². The molecule has 0 aliphatic heterocycles. The number of sulfone groups is 1. The number of nitrogens with zero attached hydrogens (tertiary/aromatic N) is 4. The topological polar surface area (TPSA) is 279 Å². The molecule has 0 aliphatic carbocycles. The quantitative estimate of drug-likeness (QED) is 0.0167. The summed E-state index contributed by atoms with van der Waals surface area (Å²) in [6.45, 7) is -0.307. The SMILES string of the molecule is Nc1ccc2c(O)c(N=Nc3ccc(S(=O)(=O)CCOSOO[O-])cc3)c(SOO[O-])cc2c1N=Nc1ccccc1S(=O)(=O)[O-].[Na+].[Na+].[Na+]. The van der Waals surface area contributed by atoms with Crippen LogP contribution in [-0.2, 0) is 42.9 Å². The van der Waals surface area contributed by atoms with Crippen molar-refractivity contribution in [3.63, 3.8) is 0 Å². The summed E-state index contributed by atoms with van der Waals surface area (Å²) in [4.78, 5) is -0.698. The van der Waals surface area contributed by atoms with E-state index in [-0.39, 0.29) is 157 Å². The Bertz CT molecular complexity index is 1990. The van der Waals surface area contributed by atoms with Crippen molar-refractivity contribution in [2.24, 2.45) is 20.5 Å². The van der Waals surface area contributed by atoms with E-state index < -0.39 is 36.4 Å². The zero-order valence-electron chi connectivity index (χ0n) is 25.6. The molecule has 4 rings (SSSR count). The molecule has 0 saturated carbocycles. The van der Waals surface area contributed by atoms with Gasteiger partial charge in [-0.1, -0.05) is 12.1 Å². The maximum Gasteiger partial charge on any atom is 1.00 e. The summed E-state index contributed by atoms with van der Waals surface area (Å²) >= 11 is 0.534. The van der Waals surface area contributed by atoms with Gasteiger partial charge in [-0.05, 0) is 54.6 Å². The van der Waals surface area contributed by atoms with E-state index in [1.807, 2.05) is 0 Å². The summed E-state index contributed by atoms with van der Waals surface area (Å²) in [7, 11) is -8.66. The number of phenols is 1. The molecule has 0 fully saturated rings. The predicted octanol–water partition coefficient (Wildman–Crippen LogP) is -5.32. The molecule has 0 radical (unpaired) electrons. The second kappa shape index (κ2) is 21.7. The summed E-state index contributed by atoms with van der Waals surface area (Å²) in [5, 5.41) is 54.2. The van der Waals surface area contributed by atoms with Crippen molar-refractivity contribution in [1.82, 2.24) is 0 Å². The van der Waals surface area contributed by atoms with E-state index in [2.05, 4.69) is 39.2 Å². The number of nitrogens with two attached hydrogens (primary N) is 1. The first-order valence-electron chi connectivity index (χ1n) is 12.1. The molecule has 0 atom stereocenters. The summed E-state index contributed by atoms with van der Waals surface area (Å²) in [6, 6.07) is 14.5. The van der Waals surface area contributed by atoms with Crippen molar-refractivity contribution in [2.45, 2.75) is 14.7 Å². The van der Waals surface area contributed by atoms with Crippen molar-refractivity contribution in [2.75, 3.05) is 18.1 Å². The third kappa shape index (κ3) is 12.7. The van der Waals surface area contributed by atoms with E-state index in [9.17, 15) is 37.0 Å². The van der Waals surface area contributed by atoms with Crippen LogP contribution in [0.1, 0.15) is 0 Å². The van der Waals surface area contributed by atoms with E-state index in [1.165, 1.54) is 60.7 Å². The van der Waals surface area contributed by atoms with Crippen LogP contribution >= 0.6 is 24.4 Å². The van der Waals surface area contributed by atoms with Gasteiger partial charge in [0, 0.05) is 10.8 Å². The number of nitrogen functional groups attached to an aromatic ring is 1. The van der Waals surface area contributed by atoms with Gasteiger partial charge in [0.05, 0.1) is 50.5 Å². The standard InChI is InChI=1S/C24H21N5O13S4.3Na/c25-18-10-9-16-17(22(18)28-27-19-3-1-2-4-21(19)46(35,36)37)13-20(43-41-39-31)23(24(16)30)29-26-14-5-7-15(8-6-14)45(33,34)12-11-38-44-42-40-32;;;/h1-10,13,30-32H,11-12,25H2,(H,35,36,37);;;/q;3*+1/p-3. The first-order chi connectivity index (χ1) is 22.0. The van der Waals surface area contributed by atoms with Gasteiger partial charge in [0.1, 0.15) is 27.2 Å². The molecule has 0 aliphatic rings. The average molecular weight is 782 g/mol. The Morgan fingerprint density at radius 2 is 1.45 bits per heavy atom. The van der Waals surface area contributed by atoms with E-state index in [0.717, 1.165) is 6.07 Å². The Hall–Kier alpha value is -0.780. The monoisotopic (exact) mass is 781 g/mol. The second-order valence-corrected chi connectivity index (χ2v) is 13.3. The van der Waals surface area contributed by atoms with Gasteiger partial charge < -0.3 is 25.9 Å². The third-order valence-electron chi connectivity index (χ3n) is 5.78. The number of rotatable bonds is 15. The Kier molecular flexibility index (Phi) is 20.5. The number of azo groups is 2. The molecule has 0 spiro atoms. The van der Waals surface area contributed by atoms with Crippen LogP contribution in [0.3, 0.4) is 0 Å². The molecule has 244 valence electrons. The van der Waals surface area contributed by atoms with Crippen LogP contribution in [0.15, 0.2) is 102 Å². The van der Waals surface area contributed by atoms with Gasteiger partial charge in [0.25, 0.3) is 0 Å². The normalized spacial score (nSPS) is 11.7. The van der Waals surface area contributed by atoms with Crippen molar-refractivity contribution < 1.29 is 149 Å². The molecular weight excluding hydrogens is 764 g/mol. The molecule has 0 saturated heterocycles. The molecule has 0 amide bonds. The van der Waals surface area contributed by atoms with E-state index in [4.69, 9.17) is 9.92 Å². The van der Waals surface area contributed by atoms with Crippen LogP contribution in [0.4, 0.5) is 28.4 Å². The molecule has 0 heterocycles. The minimum Gasteiger partial charge on any atom is -0.744 e. The van der Waals surface area contributed by atoms with Crippen LogP contribution in [0.2, 0.25) is 0 Å². The Balaban J connectivity index is 0.00000400. The van der Waals surface area contributed by atoms with Gasteiger partial charge in [-0.3, -0.25) is 14.3 Å². The minimum atomic E-state index is -4.88. The number of fused-ring (bicyclic) bond motifs is 1. The van der Waals surface area contributed by atoms with Crippen molar-refractivity contribution in [3.8, 4) is 5.75 Å². The van der Waals surface area contributed by atoms with E-state index in [1.54, 1.807) is 0 Å². The molecule has 49 heavy (non-hydrogen) atoms. The molecule has 0 unspecified atom stereocenters. The molecule has 4 aromatic rings. The molecule has 18 nitrogen and oxygen atoms in total. The summed E-state index contributed by atoms with van der Waals surface area (Å²) in [6.07, 6.45) is 0. The maximum atomic E-state index is 12.5. The maximum absolute atomic E-state index is 12.5. The summed E-state index contributed by atoms with van der Waals surface area (Å²) in [5.41, 5.74) is 5.83. The Labute approximate surface area is 353 Å². The summed E-state index contributed by atoms with van der Waals surface area (Å²) < 4.78 is 72.9. The smallest absolute Gasteiger partial charge is 0.744 e. The largest absolute Gasteiger partial charge is 1.00 e. The zero-order valence-corrected chi connectivity index (χ0v) is 34.9. The number of benzene rings is 4. The third-order valence-corrected chi connectivity index (χ3v) is 9.35. The van der Waals surface area contributed by atoms with E-state index in [0.29, 0.717) is 12.0 Å². The van der Waals surface area contributed by atoms with Crippen molar-refractivity contribution >= 4 is 83.5 Å². The predicted molar refractivity (Wildman–Crippen MR) is 155 cm³/mol. The molecule has 0 aromatic heterocycles. The van der Waals surface area contributed by atoms with Gasteiger partial charge in [-0.2, -0.15) is 9.45 Å². The number of anilines is 1. The van der Waals surface area contributed by atoms with Crippen LogP contribution in [0.25, 0.3) is 10.8 Å². The summed E-state index contributed by atoms with van der Waals surface area (Å²) in [5.74, 6) is -0.909. The number of aromatic hydroxyl groups is 1. The fourth-order valence-corrected chi connectivity index (χ4v) is 6.25. The average Bonchev–Trinajstić information content (AvgIpc) is 3.02. The van der Waals surface area contributed by atoms with Crippen molar-refractivity contribution in [1.29, 1.82) is 0 Å². The molecule has 25 heteroatoms. The molecule has 0 bridgehead atoms. The first-order valence-corrected chi connectivity index (χ1v) is 16.6. The fourth-order valence-electron chi connectivity index (χ4n) is 3.75. The van der Waals surface area contributed by atoms with E-state index >= 15 is 0 Å². The van der Waals surface area contributed by atoms with Crippen molar-refractivity contribution in [3.05, 3.63) is 66.7 Å². The minimum absolute atomic E-state index is 0. The number of hydrogen-bond donors (Lipinski definition) is 2. The molecule has 4 aromatic carbocycles. The molecule has 3 N–H and O–H groups in total. The first kappa shape index (κ1) is 46.2. The van der Waals surface area contributed by atoms with Crippen LogP contribution in [-0.4, -0.2) is 38.9 Å². The van der Waals surface area contributed by atoms with Gasteiger partial charge >= 0.3 is 88.7 Å². The van der Waals surface area contributed by atoms with Gasteiger partial charge in [0.15, 0.2) is 27.9 Å². The van der Waals surface area contributed by atoms with Crippen LogP contribution in [0.5, 0.6) is 5.75 Å². The van der Waals surface area contributed by atoms with Gasteiger partial charge in [-0.25, -0.2) is 16.8 Å².